The van der Waals surface area contributed by atoms with Crippen LogP contribution in [0, 0.1) is 62.5 Å². The number of allylic oxidation sites excluding steroid dienone is 2. The van der Waals surface area contributed by atoms with Gasteiger partial charge in [0.25, 0.3) is 0 Å². The van der Waals surface area contributed by atoms with E-state index >= 15 is 0 Å². The Hall–Kier alpha value is -1.97. The van der Waals surface area contributed by atoms with Crippen LogP contribution in [0.4, 0.5) is 4.39 Å². The minimum absolute atomic E-state index is 0.0774. The van der Waals surface area contributed by atoms with Crippen molar-refractivity contribution in [3.05, 3.63) is 47.3 Å². The number of rotatable bonds is 5. The second-order valence-corrected chi connectivity index (χ2v) is 17.3. The zero-order valence-corrected chi connectivity index (χ0v) is 28.7. The lowest BCUT2D eigenvalue weighted by Gasteiger charge is -2.71. The number of Topliss-reactive ketones (excluding diaryl/α,β-unsaturated/α-hetero) is 1. The van der Waals surface area contributed by atoms with Crippen LogP contribution in [0.15, 0.2) is 35.9 Å². The smallest absolute Gasteiger partial charge is 0.306 e. The average Bonchev–Trinajstić information content (AvgIpc) is 2.96. The van der Waals surface area contributed by atoms with Crippen molar-refractivity contribution >= 4 is 11.8 Å². The fourth-order valence-electron chi connectivity index (χ4n) is 12.4. The van der Waals surface area contributed by atoms with Gasteiger partial charge in [-0.3, -0.25) is 9.59 Å². The van der Waals surface area contributed by atoms with E-state index in [2.05, 4.69) is 54.5 Å². The fourth-order valence-corrected chi connectivity index (χ4v) is 12.4. The summed E-state index contributed by atoms with van der Waals surface area (Å²) in [5, 5.41) is 0. The lowest BCUT2D eigenvalue weighted by atomic mass is 9.33. The monoisotopic (exact) mass is 604 g/mol. The molecule has 5 aliphatic carbocycles. The SMILES string of the molecule is CC(=O)[C@]12CC[C@@H](C)[C@H](C)[C@H]1C1=CC[C@@H]3[C@@]4(C)CC[C@H](OC(=O)CCc5ccc(F)cc5)C(C)(C)C4CC[C@@]3(C)[C@]1(C)CC2. The first-order valence-corrected chi connectivity index (χ1v) is 17.8. The van der Waals surface area contributed by atoms with Crippen molar-refractivity contribution in [2.45, 2.75) is 132 Å². The van der Waals surface area contributed by atoms with Crippen molar-refractivity contribution in [2.24, 2.45) is 56.7 Å². The molecule has 4 fully saturated rings. The Morgan fingerprint density at radius 3 is 2.27 bits per heavy atom. The molecule has 10 atom stereocenters. The summed E-state index contributed by atoms with van der Waals surface area (Å²) in [7, 11) is 0. The highest BCUT2D eigenvalue weighted by atomic mass is 19.1. The van der Waals surface area contributed by atoms with E-state index in [9.17, 15) is 14.0 Å². The predicted molar refractivity (Wildman–Crippen MR) is 174 cm³/mol. The number of fused-ring (bicyclic) bond motifs is 7. The molecule has 0 radical (unpaired) electrons. The molecule has 0 saturated heterocycles. The highest BCUT2D eigenvalue weighted by molar-refractivity contribution is 5.84. The Labute approximate surface area is 266 Å². The van der Waals surface area contributed by atoms with Crippen molar-refractivity contribution in [3.8, 4) is 0 Å². The van der Waals surface area contributed by atoms with Crippen molar-refractivity contribution in [1.29, 1.82) is 0 Å². The van der Waals surface area contributed by atoms with Gasteiger partial charge < -0.3 is 4.74 Å². The number of halogens is 1. The van der Waals surface area contributed by atoms with Gasteiger partial charge in [-0.2, -0.15) is 0 Å². The van der Waals surface area contributed by atoms with E-state index in [1.54, 1.807) is 17.7 Å². The van der Waals surface area contributed by atoms with E-state index in [1.165, 1.54) is 25.0 Å². The number of benzene rings is 1. The van der Waals surface area contributed by atoms with Crippen LogP contribution in [-0.2, 0) is 20.7 Å². The molecule has 0 aromatic heterocycles. The molecule has 0 aliphatic heterocycles. The zero-order valence-electron chi connectivity index (χ0n) is 28.7. The Morgan fingerprint density at radius 2 is 1.59 bits per heavy atom. The van der Waals surface area contributed by atoms with Gasteiger partial charge >= 0.3 is 5.97 Å². The van der Waals surface area contributed by atoms with E-state index in [4.69, 9.17) is 4.74 Å². The van der Waals surface area contributed by atoms with E-state index < -0.39 is 0 Å². The maximum absolute atomic E-state index is 13.4. The average molecular weight is 605 g/mol. The maximum Gasteiger partial charge on any atom is 0.306 e. The van der Waals surface area contributed by atoms with Gasteiger partial charge in [-0.05, 0) is 135 Å². The highest BCUT2D eigenvalue weighted by Gasteiger charge is 2.69. The van der Waals surface area contributed by atoms with Gasteiger partial charge in [0.1, 0.15) is 17.7 Å². The van der Waals surface area contributed by atoms with E-state index in [1.807, 2.05) is 6.92 Å². The van der Waals surface area contributed by atoms with E-state index in [0.29, 0.717) is 48.2 Å². The molecule has 5 aliphatic rings. The van der Waals surface area contributed by atoms with Gasteiger partial charge in [0.05, 0.1) is 0 Å². The van der Waals surface area contributed by atoms with Gasteiger partial charge in [-0.25, -0.2) is 4.39 Å². The molecule has 6 rings (SSSR count). The zero-order chi connectivity index (χ0) is 31.9. The molecule has 3 nitrogen and oxygen atoms in total. The number of ketones is 1. The largest absolute Gasteiger partial charge is 0.462 e. The van der Waals surface area contributed by atoms with Gasteiger partial charge in [0, 0.05) is 17.3 Å². The summed E-state index contributed by atoms with van der Waals surface area (Å²) in [6.45, 7) is 19.2. The summed E-state index contributed by atoms with van der Waals surface area (Å²) in [6.07, 6.45) is 13.4. The molecule has 0 bridgehead atoms. The summed E-state index contributed by atoms with van der Waals surface area (Å²) in [5.74, 6) is 2.69. The molecular formula is C40H57FO3. The minimum atomic E-state index is -0.253. The summed E-state index contributed by atoms with van der Waals surface area (Å²) < 4.78 is 19.6. The van der Waals surface area contributed by atoms with E-state index in [-0.39, 0.29) is 45.0 Å². The Balaban J connectivity index is 1.24. The van der Waals surface area contributed by atoms with Gasteiger partial charge in [-0.15, -0.1) is 0 Å². The number of carbonyl (C=O) groups is 2. The molecule has 4 saturated carbocycles. The number of esters is 1. The first-order valence-electron chi connectivity index (χ1n) is 17.8. The number of carbonyl (C=O) groups excluding carboxylic acids is 2. The minimum Gasteiger partial charge on any atom is -0.462 e. The lowest BCUT2D eigenvalue weighted by Crippen LogP contribution is -2.65. The quantitative estimate of drug-likeness (QED) is 0.248. The lowest BCUT2D eigenvalue weighted by molar-refractivity contribution is -0.213. The number of ether oxygens (including phenoxy) is 1. The molecule has 1 unspecified atom stereocenters. The molecule has 4 heteroatoms. The van der Waals surface area contributed by atoms with Crippen molar-refractivity contribution in [3.63, 3.8) is 0 Å². The summed E-state index contributed by atoms with van der Waals surface area (Å²) >= 11 is 0. The molecule has 1 aromatic carbocycles. The summed E-state index contributed by atoms with van der Waals surface area (Å²) in [6, 6.07) is 6.42. The first kappa shape index (κ1) is 32.0. The molecule has 0 spiro atoms. The number of hydrogen-bond acceptors (Lipinski definition) is 3. The van der Waals surface area contributed by atoms with Crippen LogP contribution < -0.4 is 0 Å². The highest BCUT2D eigenvalue weighted by Crippen LogP contribution is 2.76. The van der Waals surface area contributed by atoms with Gasteiger partial charge in [-0.1, -0.05) is 72.2 Å². The molecule has 44 heavy (non-hydrogen) atoms. The topological polar surface area (TPSA) is 43.4 Å². The maximum atomic E-state index is 13.4. The van der Waals surface area contributed by atoms with Crippen LogP contribution in [0.25, 0.3) is 0 Å². The molecule has 0 N–H and O–H groups in total. The second kappa shape index (κ2) is 10.8. The van der Waals surface area contributed by atoms with Crippen molar-refractivity contribution < 1.29 is 18.7 Å². The van der Waals surface area contributed by atoms with Crippen molar-refractivity contribution in [1.82, 2.24) is 0 Å². The third-order valence-corrected chi connectivity index (χ3v) is 15.4. The van der Waals surface area contributed by atoms with Crippen LogP contribution >= 0.6 is 0 Å². The molecule has 1 aromatic rings. The third-order valence-electron chi connectivity index (χ3n) is 15.4. The third kappa shape index (κ3) is 4.53. The molecule has 0 amide bonds. The van der Waals surface area contributed by atoms with Gasteiger partial charge in [0.2, 0.25) is 0 Å². The Bertz CT molecular complexity index is 1330. The molecule has 0 heterocycles. The second-order valence-electron chi connectivity index (χ2n) is 17.3. The standard InChI is InChI=1S/C40H57FO3/c1-25-17-22-40(27(3)42)24-23-38(7)30(35(40)26(25)2)14-15-32-37(6)20-19-33(36(4,5)31(37)18-21-39(32,38)8)44-34(43)16-11-28-9-12-29(41)13-10-28/h9-10,12-14,25-26,31-33,35H,11,15-24H2,1-8H3/t25-,26+,31?,32-,33+,35+,37+,38-,39-,40-/m1/s1. The first-order chi connectivity index (χ1) is 20.6. The van der Waals surface area contributed by atoms with Crippen LogP contribution in [0.5, 0.6) is 0 Å². The molecular weight excluding hydrogens is 547 g/mol. The Kier molecular flexibility index (Phi) is 7.85. The fraction of sp³-hybridized carbons (Fsp3) is 0.750. The normalized spacial score (nSPS) is 44.2. The van der Waals surface area contributed by atoms with Crippen molar-refractivity contribution in [2.75, 3.05) is 0 Å². The Morgan fingerprint density at radius 1 is 0.886 bits per heavy atom. The van der Waals surface area contributed by atoms with Crippen LogP contribution in [0.1, 0.15) is 125 Å². The summed E-state index contributed by atoms with van der Waals surface area (Å²) in [4.78, 5) is 26.5. The number of hydrogen-bond donors (Lipinski definition) is 0. The van der Waals surface area contributed by atoms with Crippen LogP contribution in [0.2, 0.25) is 0 Å². The predicted octanol–water partition coefficient (Wildman–Crippen LogP) is 9.92. The van der Waals surface area contributed by atoms with Gasteiger partial charge in [0.15, 0.2) is 0 Å². The van der Waals surface area contributed by atoms with Crippen LogP contribution in [0.3, 0.4) is 0 Å². The van der Waals surface area contributed by atoms with E-state index in [0.717, 1.165) is 50.5 Å². The number of aryl methyl sites for hydroxylation is 1. The molecule has 242 valence electrons. The van der Waals surface area contributed by atoms with Crippen LogP contribution in [-0.4, -0.2) is 17.9 Å². The summed E-state index contributed by atoms with van der Waals surface area (Å²) in [5.41, 5.74) is 2.83.